The number of aromatic nitrogens is 2. The van der Waals surface area contributed by atoms with Crippen LogP contribution >= 0.6 is 0 Å². The number of carbonyl (C=O) groups is 2. The summed E-state index contributed by atoms with van der Waals surface area (Å²) >= 11 is 0. The third-order valence-electron chi connectivity index (χ3n) is 7.36. The summed E-state index contributed by atoms with van der Waals surface area (Å²) in [5.74, 6) is -1.73. The van der Waals surface area contributed by atoms with Gasteiger partial charge in [0.25, 0.3) is 5.91 Å². The summed E-state index contributed by atoms with van der Waals surface area (Å²) in [5, 5.41) is 15.4. The van der Waals surface area contributed by atoms with Crippen LogP contribution in [0.25, 0.3) is 0 Å². The van der Waals surface area contributed by atoms with E-state index in [1.807, 2.05) is 14.0 Å². The van der Waals surface area contributed by atoms with Crippen molar-refractivity contribution >= 4 is 34.9 Å². The van der Waals surface area contributed by atoms with Crippen molar-refractivity contribution in [1.82, 2.24) is 14.9 Å². The van der Waals surface area contributed by atoms with Gasteiger partial charge >= 0.3 is 12.1 Å². The first-order valence-electron chi connectivity index (χ1n) is 13.1. The number of nitrogens with two attached hydrogens (primary N) is 1. The second-order valence-electron chi connectivity index (χ2n) is 10.1. The molecule has 0 spiro atoms. The minimum absolute atomic E-state index is 0.0489. The van der Waals surface area contributed by atoms with Crippen molar-refractivity contribution in [2.24, 2.45) is 11.7 Å². The molecule has 2 aliphatic rings. The number of nitrogens with one attached hydrogen (secondary N) is 2. The highest BCUT2D eigenvalue weighted by Crippen LogP contribution is 2.39. The standard InChI is InChI=1S/C26H34F3N7O3/c1-3-19-23(31-16-6-4-15(5-7-16)25(38)39)34-24(21(33-19)22(30)37)32-17-8-9-20(18(14-17)26(27,28)29)36-12-10-35(2)11-13-36/h8-9,14-16H,3-7,10-13H2,1-2H3,(H2,30,37)(H,38,39)(H2,31,32,34). The molecule has 0 radical (unpaired) electrons. The zero-order chi connectivity index (χ0) is 28.3. The number of piperazine rings is 1. The fraction of sp³-hybridized carbons (Fsp3) is 0.538. The number of carbonyl (C=O) groups excluding carboxylic acids is 1. The summed E-state index contributed by atoms with van der Waals surface area (Å²) in [6.45, 7) is 4.11. The van der Waals surface area contributed by atoms with Crippen LogP contribution in [-0.4, -0.2) is 71.1 Å². The molecule has 0 atom stereocenters. The van der Waals surface area contributed by atoms with Gasteiger partial charge in [-0.3, -0.25) is 9.59 Å². The number of rotatable bonds is 8. The number of benzene rings is 1. The Labute approximate surface area is 224 Å². The molecule has 2 aromatic rings. The normalized spacial score (nSPS) is 20.5. The number of carboxylic acid groups (broad SMARTS) is 1. The Morgan fingerprint density at radius 3 is 2.31 bits per heavy atom. The van der Waals surface area contributed by atoms with Crippen LogP contribution < -0.4 is 21.3 Å². The smallest absolute Gasteiger partial charge is 0.418 e. The zero-order valence-electron chi connectivity index (χ0n) is 22.0. The Kier molecular flexibility index (Phi) is 8.48. The van der Waals surface area contributed by atoms with E-state index in [9.17, 15) is 27.9 Å². The predicted octanol–water partition coefficient (Wildman–Crippen LogP) is 3.71. The average Bonchev–Trinajstić information content (AvgIpc) is 2.89. The van der Waals surface area contributed by atoms with Crippen molar-refractivity contribution in [2.75, 3.05) is 48.8 Å². The molecule has 212 valence electrons. The molecule has 2 heterocycles. The van der Waals surface area contributed by atoms with Gasteiger partial charge in [0.1, 0.15) is 5.82 Å². The quantitative estimate of drug-likeness (QED) is 0.388. The highest BCUT2D eigenvalue weighted by atomic mass is 19.4. The number of carboxylic acids is 1. The molecule has 1 amide bonds. The Balaban J connectivity index is 1.63. The Morgan fingerprint density at radius 2 is 1.74 bits per heavy atom. The van der Waals surface area contributed by atoms with Crippen LogP contribution in [0.4, 0.5) is 36.2 Å². The molecule has 0 bridgehead atoms. The number of hydrogen-bond acceptors (Lipinski definition) is 8. The number of likely N-dealkylation sites (N-methyl/N-ethyl adjacent to an activating group) is 1. The highest BCUT2D eigenvalue weighted by Gasteiger charge is 2.36. The van der Waals surface area contributed by atoms with Gasteiger partial charge in [-0.1, -0.05) is 6.92 Å². The lowest BCUT2D eigenvalue weighted by Gasteiger charge is -2.35. The molecule has 2 fully saturated rings. The first-order chi connectivity index (χ1) is 18.5. The van der Waals surface area contributed by atoms with Gasteiger partial charge in [0, 0.05) is 43.6 Å². The van der Waals surface area contributed by atoms with Crippen LogP contribution in [0.3, 0.4) is 0 Å². The van der Waals surface area contributed by atoms with Gasteiger partial charge < -0.3 is 31.3 Å². The fourth-order valence-electron chi connectivity index (χ4n) is 5.07. The number of amides is 1. The number of anilines is 4. The lowest BCUT2D eigenvalue weighted by molar-refractivity contribution is -0.142. The molecule has 1 aliphatic carbocycles. The summed E-state index contributed by atoms with van der Waals surface area (Å²) in [4.78, 5) is 36.2. The third kappa shape index (κ3) is 6.70. The molecule has 0 unspecified atom stereocenters. The van der Waals surface area contributed by atoms with Crippen molar-refractivity contribution < 1.29 is 27.9 Å². The van der Waals surface area contributed by atoms with Crippen molar-refractivity contribution in [2.45, 2.75) is 51.2 Å². The molecule has 1 saturated heterocycles. The second kappa shape index (κ2) is 11.6. The van der Waals surface area contributed by atoms with Gasteiger partial charge in [0.15, 0.2) is 11.5 Å². The Hall–Kier alpha value is -3.61. The highest BCUT2D eigenvalue weighted by molar-refractivity contribution is 5.96. The van der Waals surface area contributed by atoms with E-state index in [0.29, 0.717) is 69.8 Å². The van der Waals surface area contributed by atoms with Crippen molar-refractivity contribution in [3.05, 3.63) is 35.2 Å². The molecule has 10 nitrogen and oxygen atoms in total. The Morgan fingerprint density at radius 1 is 1.08 bits per heavy atom. The van der Waals surface area contributed by atoms with Crippen LogP contribution in [0.5, 0.6) is 0 Å². The van der Waals surface area contributed by atoms with E-state index in [0.717, 1.165) is 6.07 Å². The van der Waals surface area contributed by atoms with E-state index >= 15 is 0 Å². The van der Waals surface area contributed by atoms with Crippen LogP contribution in [0.1, 0.15) is 54.4 Å². The zero-order valence-corrected chi connectivity index (χ0v) is 22.0. The van der Waals surface area contributed by atoms with E-state index in [2.05, 4.69) is 25.5 Å². The first-order valence-corrected chi connectivity index (χ1v) is 13.1. The number of hydrogen-bond donors (Lipinski definition) is 4. The van der Waals surface area contributed by atoms with Crippen LogP contribution in [0, 0.1) is 5.92 Å². The predicted molar refractivity (Wildman–Crippen MR) is 141 cm³/mol. The maximum atomic E-state index is 14.1. The van der Waals surface area contributed by atoms with Crippen LogP contribution in [0.15, 0.2) is 18.2 Å². The monoisotopic (exact) mass is 549 g/mol. The summed E-state index contributed by atoms with van der Waals surface area (Å²) in [5.41, 5.74) is 5.26. The topological polar surface area (TPSA) is 137 Å². The third-order valence-corrected chi connectivity index (χ3v) is 7.36. The number of halogens is 3. The molecule has 39 heavy (non-hydrogen) atoms. The molecular formula is C26H34F3N7O3. The lowest BCUT2D eigenvalue weighted by Crippen LogP contribution is -2.45. The SMILES string of the molecule is CCc1nc(C(N)=O)c(Nc2ccc(N3CCN(C)CC3)c(C(F)(F)F)c2)nc1NC1CCC(C(=O)O)CC1. The van der Waals surface area contributed by atoms with Gasteiger partial charge in [-0.25, -0.2) is 9.97 Å². The molecule has 1 aromatic heterocycles. The van der Waals surface area contributed by atoms with E-state index in [1.54, 1.807) is 4.90 Å². The van der Waals surface area contributed by atoms with E-state index < -0.39 is 23.6 Å². The molecule has 13 heteroatoms. The number of alkyl halides is 3. The molecular weight excluding hydrogens is 515 g/mol. The summed E-state index contributed by atoms with van der Waals surface area (Å²) in [7, 11) is 1.93. The lowest BCUT2D eigenvalue weighted by atomic mass is 9.86. The van der Waals surface area contributed by atoms with Gasteiger partial charge in [-0.05, 0) is 57.4 Å². The van der Waals surface area contributed by atoms with E-state index in [4.69, 9.17) is 5.73 Å². The maximum absolute atomic E-state index is 14.1. The number of nitrogens with zero attached hydrogens (tertiary/aromatic N) is 4. The summed E-state index contributed by atoms with van der Waals surface area (Å²) < 4.78 is 42.3. The van der Waals surface area contributed by atoms with Crippen molar-refractivity contribution in [3.8, 4) is 0 Å². The summed E-state index contributed by atoms with van der Waals surface area (Å²) in [6.07, 6.45) is -1.89. The van der Waals surface area contributed by atoms with Crippen LogP contribution in [-0.2, 0) is 17.4 Å². The minimum atomic E-state index is -4.60. The summed E-state index contributed by atoms with van der Waals surface area (Å²) in [6, 6.07) is 3.90. The second-order valence-corrected chi connectivity index (χ2v) is 10.1. The van der Waals surface area contributed by atoms with Gasteiger partial charge in [-0.2, -0.15) is 13.2 Å². The molecule has 1 saturated carbocycles. The van der Waals surface area contributed by atoms with Gasteiger partial charge in [-0.15, -0.1) is 0 Å². The Bertz CT molecular complexity index is 1210. The maximum Gasteiger partial charge on any atom is 0.418 e. The fourth-order valence-corrected chi connectivity index (χ4v) is 5.07. The van der Waals surface area contributed by atoms with Crippen molar-refractivity contribution in [3.63, 3.8) is 0 Å². The number of primary amides is 1. The van der Waals surface area contributed by atoms with E-state index in [-0.39, 0.29) is 34.8 Å². The largest absolute Gasteiger partial charge is 0.481 e. The minimum Gasteiger partial charge on any atom is -0.481 e. The number of aryl methyl sites for hydroxylation is 1. The van der Waals surface area contributed by atoms with E-state index in [1.165, 1.54) is 12.1 Å². The first kappa shape index (κ1) is 28.4. The van der Waals surface area contributed by atoms with Gasteiger partial charge in [0.2, 0.25) is 0 Å². The van der Waals surface area contributed by atoms with Crippen LogP contribution in [0.2, 0.25) is 0 Å². The number of aliphatic carboxylic acids is 1. The molecule has 1 aliphatic heterocycles. The molecule has 4 rings (SSSR count). The van der Waals surface area contributed by atoms with Crippen molar-refractivity contribution in [1.29, 1.82) is 0 Å². The molecule has 5 N–H and O–H groups in total. The van der Waals surface area contributed by atoms with Gasteiger partial charge in [0.05, 0.1) is 17.2 Å². The average molecular weight is 550 g/mol. The molecule has 1 aromatic carbocycles.